The molecule has 1 N–H and O–H groups in total. The van der Waals surface area contributed by atoms with Crippen molar-refractivity contribution in [1.82, 2.24) is 4.90 Å². The van der Waals surface area contributed by atoms with Gasteiger partial charge < -0.3 is 19.7 Å². The van der Waals surface area contributed by atoms with Crippen molar-refractivity contribution in [3.8, 4) is 11.5 Å². The number of nitrogens with one attached hydrogen (secondary N) is 1. The molecule has 0 spiro atoms. The first kappa shape index (κ1) is 18.3. The van der Waals surface area contributed by atoms with Gasteiger partial charge in [-0.15, -0.1) is 0 Å². The number of hydrogen-bond donors (Lipinski definition) is 1. The lowest BCUT2D eigenvalue weighted by molar-refractivity contribution is -0.135. The van der Waals surface area contributed by atoms with E-state index in [1.807, 2.05) is 0 Å². The lowest BCUT2D eigenvalue weighted by Gasteiger charge is -2.17. The maximum atomic E-state index is 13.4. The summed E-state index contributed by atoms with van der Waals surface area (Å²) in [6.07, 6.45) is 0. The molecule has 0 aliphatic rings. The second-order valence-electron chi connectivity index (χ2n) is 5.25. The molecule has 0 aromatic heterocycles. The van der Waals surface area contributed by atoms with Crippen LogP contribution in [0, 0.1) is 5.82 Å². The van der Waals surface area contributed by atoms with Crippen molar-refractivity contribution in [3.05, 3.63) is 54.3 Å². The zero-order chi connectivity index (χ0) is 18.2. The van der Waals surface area contributed by atoms with E-state index in [1.165, 1.54) is 37.3 Å². The fourth-order valence-electron chi connectivity index (χ4n) is 2.02. The zero-order valence-electron chi connectivity index (χ0n) is 14.0. The Balaban J connectivity index is 1.83. The van der Waals surface area contributed by atoms with Crippen molar-refractivity contribution >= 4 is 17.5 Å². The Morgan fingerprint density at radius 3 is 2.64 bits per heavy atom. The Morgan fingerprint density at radius 2 is 1.92 bits per heavy atom. The summed E-state index contributed by atoms with van der Waals surface area (Å²) >= 11 is 0. The number of para-hydroxylation sites is 1. The predicted octanol–water partition coefficient (Wildman–Crippen LogP) is 2.31. The molecule has 25 heavy (non-hydrogen) atoms. The smallest absolute Gasteiger partial charge is 0.260 e. The van der Waals surface area contributed by atoms with Crippen LogP contribution in [0.4, 0.5) is 10.1 Å². The molecule has 2 rings (SSSR count). The number of carbonyl (C=O) groups is 2. The minimum Gasteiger partial charge on any atom is -0.497 e. The van der Waals surface area contributed by atoms with E-state index in [-0.39, 0.29) is 24.8 Å². The van der Waals surface area contributed by atoms with Gasteiger partial charge in [-0.25, -0.2) is 4.39 Å². The molecule has 7 heteroatoms. The zero-order valence-corrected chi connectivity index (χ0v) is 14.0. The SMILES string of the molecule is COc1cccc(NC(=O)CN(C)C(=O)COc2ccccc2F)c1. The largest absolute Gasteiger partial charge is 0.497 e. The predicted molar refractivity (Wildman–Crippen MR) is 91.2 cm³/mol. The average molecular weight is 346 g/mol. The van der Waals surface area contributed by atoms with Gasteiger partial charge in [0.1, 0.15) is 5.75 Å². The van der Waals surface area contributed by atoms with Crippen LogP contribution in [-0.4, -0.2) is 44.0 Å². The summed E-state index contributed by atoms with van der Waals surface area (Å²) < 4.78 is 23.6. The fourth-order valence-corrected chi connectivity index (χ4v) is 2.02. The molecule has 0 aliphatic heterocycles. The highest BCUT2D eigenvalue weighted by Gasteiger charge is 2.14. The summed E-state index contributed by atoms with van der Waals surface area (Å²) in [5.74, 6) is -0.752. The van der Waals surface area contributed by atoms with Crippen LogP contribution in [0.2, 0.25) is 0 Å². The summed E-state index contributed by atoms with van der Waals surface area (Å²) in [6, 6.07) is 12.7. The number of benzene rings is 2. The van der Waals surface area contributed by atoms with E-state index in [1.54, 1.807) is 30.3 Å². The van der Waals surface area contributed by atoms with E-state index in [2.05, 4.69) is 5.32 Å². The van der Waals surface area contributed by atoms with Crippen LogP contribution in [0.15, 0.2) is 48.5 Å². The van der Waals surface area contributed by atoms with Crippen molar-refractivity contribution in [2.75, 3.05) is 32.6 Å². The molecule has 0 fully saturated rings. The molecule has 0 saturated heterocycles. The molecule has 132 valence electrons. The van der Waals surface area contributed by atoms with E-state index in [0.29, 0.717) is 11.4 Å². The Bertz CT molecular complexity index is 751. The molecule has 0 saturated carbocycles. The molecule has 0 bridgehead atoms. The summed E-state index contributed by atoms with van der Waals surface area (Å²) in [5, 5.41) is 2.67. The lowest BCUT2D eigenvalue weighted by atomic mass is 10.3. The summed E-state index contributed by atoms with van der Waals surface area (Å²) in [5.41, 5.74) is 0.563. The maximum Gasteiger partial charge on any atom is 0.260 e. The van der Waals surface area contributed by atoms with E-state index >= 15 is 0 Å². The molecule has 0 radical (unpaired) electrons. The molecule has 2 amide bonds. The monoisotopic (exact) mass is 346 g/mol. The number of rotatable bonds is 7. The number of amides is 2. The van der Waals surface area contributed by atoms with Crippen molar-refractivity contribution in [2.24, 2.45) is 0 Å². The van der Waals surface area contributed by atoms with Crippen LogP contribution in [0.5, 0.6) is 11.5 Å². The molecular formula is C18H19FN2O4. The highest BCUT2D eigenvalue weighted by Crippen LogP contribution is 2.17. The number of carbonyl (C=O) groups excluding carboxylic acids is 2. The molecule has 0 unspecified atom stereocenters. The van der Waals surface area contributed by atoms with Gasteiger partial charge in [-0.3, -0.25) is 9.59 Å². The Labute approximate surface area is 145 Å². The van der Waals surface area contributed by atoms with Crippen LogP contribution >= 0.6 is 0 Å². The highest BCUT2D eigenvalue weighted by atomic mass is 19.1. The fraction of sp³-hybridized carbons (Fsp3) is 0.222. The molecule has 0 aliphatic carbocycles. The minimum atomic E-state index is -0.547. The van der Waals surface area contributed by atoms with Crippen molar-refractivity contribution < 1.29 is 23.5 Å². The molecule has 2 aromatic rings. The van der Waals surface area contributed by atoms with Crippen molar-refractivity contribution in [2.45, 2.75) is 0 Å². The van der Waals surface area contributed by atoms with Gasteiger partial charge in [-0.1, -0.05) is 18.2 Å². The van der Waals surface area contributed by atoms with E-state index in [9.17, 15) is 14.0 Å². The quantitative estimate of drug-likeness (QED) is 0.835. The maximum absolute atomic E-state index is 13.4. The molecule has 0 heterocycles. The van der Waals surface area contributed by atoms with Gasteiger partial charge in [0.05, 0.1) is 13.7 Å². The molecule has 0 atom stereocenters. The number of likely N-dealkylation sites (N-methyl/N-ethyl adjacent to an activating group) is 1. The van der Waals surface area contributed by atoms with Crippen LogP contribution in [0.1, 0.15) is 0 Å². The van der Waals surface area contributed by atoms with E-state index in [4.69, 9.17) is 9.47 Å². The molecule has 2 aromatic carbocycles. The van der Waals surface area contributed by atoms with Crippen molar-refractivity contribution in [3.63, 3.8) is 0 Å². The van der Waals surface area contributed by atoms with Gasteiger partial charge in [0.15, 0.2) is 18.2 Å². The van der Waals surface area contributed by atoms with Crippen LogP contribution in [0.25, 0.3) is 0 Å². The van der Waals surface area contributed by atoms with Gasteiger partial charge in [0, 0.05) is 18.8 Å². The van der Waals surface area contributed by atoms with E-state index < -0.39 is 11.7 Å². The Kier molecular flexibility index (Phi) is 6.33. The van der Waals surface area contributed by atoms with Crippen LogP contribution in [-0.2, 0) is 9.59 Å². The van der Waals surface area contributed by atoms with Crippen molar-refractivity contribution in [1.29, 1.82) is 0 Å². The number of methoxy groups -OCH3 is 1. The number of nitrogens with zero attached hydrogens (tertiary/aromatic N) is 1. The lowest BCUT2D eigenvalue weighted by Crippen LogP contribution is -2.37. The molecular weight excluding hydrogens is 327 g/mol. The van der Waals surface area contributed by atoms with Gasteiger partial charge in [-0.05, 0) is 24.3 Å². The van der Waals surface area contributed by atoms with Gasteiger partial charge in [0.2, 0.25) is 5.91 Å². The third-order valence-corrected chi connectivity index (χ3v) is 3.35. The van der Waals surface area contributed by atoms with Gasteiger partial charge in [0.25, 0.3) is 5.91 Å². The first-order chi connectivity index (χ1) is 12.0. The first-order valence-electron chi connectivity index (χ1n) is 7.55. The number of halogens is 1. The van der Waals surface area contributed by atoms with Crippen LogP contribution < -0.4 is 14.8 Å². The number of anilines is 1. The summed E-state index contributed by atoms with van der Waals surface area (Å²) in [7, 11) is 3.00. The topological polar surface area (TPSA) is 67.9 Å². The molecule has 6 nitrogen and oxygen atoms in total. The Hall–Kier alpha value is -3.09. The average Bonchev–Trinajstić information content (AvgIpc) is 2.60. The standard InChI is InChI=1S/C18H19FN2O4/c1-21(18(23)12-25-16-9-4-3-8-15(16)19)11-17(22)20-13-6-5-7-14(10-13)24-2/h3-10H,11-12H2,1-2H3,(H,20,22). The Morgan fingerprint density at radius 1 is 1.16 bits per heavy atom. The normalized spacial score (nSPS) is 10.0. The van der Waals surface area contributed by atoms with Gasteiger partial charge in [-0.2, -0.15) is 0 Å². The summed E-state index contributed by atoms with van der Waals surface area (Å²) in [4.78, 5) is 25.2. The van der Waals surface area contributed by atoms with E-state index in [0.717, 1.165) is 0 Å². The summed E-state index contributed by atoms with van der Waals surface area (Å²) in [6.45, 7) is -0.513. The third kappa shape index (κ3) is 5.49. The highest BCUT2D eigenvalue weighted by molar-refractivity contribution is 5.94. The minimum absolute atomic E-state index is 0.00918. The first-order valence-corrected chi connectivity index (χ1v) is 7.55. The number of hydrogen-bond acceptors (Lipinski definition) is 4. The van der Waals surface area contributed by atoms with Gasteiger partial charge >= 0.3 is 0 Å². The number of ether oxygens (including phenoxy) is 2. The van der Waals surface area contributed by atoms with Crippen LogP contribution in [0.3, 0.4) is 0 Å². The third-order valence-electron chi connectivity index (χ3n) is 3.35. The second-order valence-corrected chi connectivity index (χ2v) is 5.25. The second kappa shape index (κ2) is 8.68.